The third-order valence-corrected chi connectivity index (χ3v) is 2.91. The molecular weight excluding hydrogens is 367 g/mol. The minimum atomic E-state index is -4.78. The number of hydrogen-bond donors (Lipinski definition) is 2. The van der Waals surface area contributed by atoms with Gasteiger partial charge in [0.15, 0.2) is 5.82 Å². The summed E-state index contributed by atoms with van der Waals surface area (Å²) in [5, 5.41) is 10.2. The Labute approximate surface area is 132 Å². The van der Waals surface area contributed by atoms with Crippen LogP contribution in [0.3, 0.4) is 0 Å². The summed E-state index contributed by atoms with van der Waals surface area (Å²) in [4.78, 5) is 12.9. The first kappa shape index (κ1) is 18.9. The summed E-state index contributed by atoms with van der Waals surface area (Å²) in [6.07, 6.45) is -3.96. The Bertz CT molecular complexity index is 752. The maximum atomic E-state index is 12.7. The average molecular weight is 376 g/mol. The molecule has 0 saturated carbocycles. The molecule has 0 aliphatic carbocycles. The van der Waals surface area contributed by atoms with Gasteiger partial charge in [0.05, 0.1) is 16.7 Å². The first-order valence-corrected chi connectivity index (χ1v) is 7.69. The second-order valence-electron chi connectivity index (χ2n) is 4.08. The molecule has 0 saturated heterocycles. The Morgan fingerprint density at radius 3 is 2.52 bits per heavy atom. The SMILES string of the molecule is CS(=O)(=O)N/C(=C\[N+](=O)[O-])N(N)c1cc(C(F)(F)F)cc(Cl)n1. The summed E-state index contributed by atoms with van der Waals surface area (Å²) >= 11 is 5.46. The molecule has 14 heteroatoms. The van der Waals surface area contributed by atoms with Crippen molar-refractivity contribution in [1.29, 1.82) is 0 Å². The number of sulfonamides is 1. The highest BCUT2D eigenvalue weighted by molar-refractivity contribution is 7.88. The molecule has 0 atom stereocenters. The normalized spacial score (nSPS) is 12.9. The van der Waals surface area contributed by atoms with Crippen molar-refractivity contribution in [3.63, 3.8) is 0 Å². The number of nitrogens with zero attached hydrogens (tertiary/aromatic N) is 3. The third kappa shape index (κ3) is 5.88. The van der Waals surface area contributed by atoms with E-state index >= 15 is 0 Å². The molecule has 0 unspecified atom stereocenters. The van der Waals surface area contributed by atoms with Crippen LogP contribution in [0.25, 0.3) is 0 Å². The van der Waals surface area contributed by atoms with Gasteiger partial charge in [-0.1, -0.05) is 11.6 Å². The van der Waals surface area contributed by atoms with Crippen molar-refractivity contribution in [2.45, 2.75) is 6.18 Å². The number of rotatable bonds is 5. The van der Waals surface area contributed by atoms with Crippen LogP contribution >= 0.6 is 11.6 Å². The standard InChI is InChI=1S/C9H9ClF3N5O4S/c1-23(21,22)16-8(4-17(19)20)18(14)7-3-5(9(11,12)13)2-6(10)15-7/h2-4,16H,14H2,1H3/b8-4+. The lowest BCUT2D eigenvalue weighted by molar-refractivity contribution is -0.403. The first-order valence-electron chi connectivity index (χ1n) is 5.42. The van der Waals surface area contributed by atoms with E-state index in [-0.39, 0.29) is 11.2 Å². The lowest BCUT2D eigenvalue weighted by atomic mass is 10.2. The van der Waals surface area contributed by atoms with Crippen LogP contribution in [-0.4, -0.2) is 24.6 Å². The van der Waals surface area contributed by atoms with Crippen molar-refractivity contribution < 1.29 is 26.5 Å². The van der Waals surface area contributed by atoms with E-state index in [9.17, 15) is 31.7 Å². The molecule has 1 rings (SSSR count). The van der Waals surface area contributed by atoms with Crippen molar-refractivity contribution in [3.05, 3.63) is 45.0 Å². The molecule has 0 amide bonds. The van der Waals surface area contributed by atoms with Crippen molar-refractivity contribution in [2.24, 2.45) is 5.84 Å². The van der Waals surface area contributed by atoms with E-state index in [4.69, 9.17) is 17.4 Å². The maximum Gasteiger partial charge on any atom is 0.416 e. The van der Waals surface area contributed by atoms with Gasteiger partial charge in [0, 0.05) is 0 Å². The van der Waals surface area contributed by atoms with Crippen molar-refractivity contribution >= 4 is 27.4 Å². The number of halogens is 4. The quantitative estimate of drug-likeness (QED) is 0.340. The van der Waals surface area contributed by atoms with E-state index in [2.05, 4.69) is 4.98 Å². The summed E-state index contributed by atoms with van der Waals surface area (Å²) in [5.41, 5.74) is -1.22. The molecule has 0 bridgehead atoms. The summed E-state index contributed by atoms with van der Waals surface area (Å²) in [6, 6.07) is 0.962. The Morgan fingerprint density at radius 1 is 1.52 bits per heavy atom. The lowest BCUT2D eigenvalue weighted by Crippen LogP contribution is -2.40. The van der Waals surface area contributed by atoms with E-state index in [0.717, 1.165) is 0 Å². The number of hydrazine groups is 1. The maximum absolute atomic E-state index is 12.7. The van der Waals surface area contributed by atoms with Crippen molar-refractivity contribution in [1.82, 2.24) is 9.71 Å². The van der Waals surface area contributed by atoms with Crippen LogP contribution < -0.4 is 15.6 Å². The molecule has 0 spiro atoms. The predicted octanol–water partition coefficient (Wildman–Crippen LogP) is 1.06. The highest BCUT2D eigenvalue weighted by Crippen LogP contribution is 2.32. The zero-order valence-corrected chi connectivity index (χ0v) is 12.8. The van der Waals surface area contributed by atoms with Gasteiger partial charge in [0.1, 0.15) is 5.15 Å². The number of aromatic nitrogens is 1. The zero-order valence-electron chi connectivity index (χ0n) is 11.2. The minimum Gasteiger partial charge on any atom is -0.263 e. The Morgan fingerprint density at radius 2 is 2.09 bits per heavy atom. The predicted molar refractivity (Wildman–Crippen MR) is 74.0 cm³/mol. The van der Waals surface area contributed by atoms with E-state index in [1.807, 2.05) is 0 Å². The second kappa shape index (κ2) is 6.55. The molecule has 128 valence electrons. The molecular formula is C9H9ClF3N5O4S. The molecule has 0 fully saturated rings. The number of alkyl halides is 3. The van der Waals surface area contributed by atoms with E-state index in [0.29, 0.717) is 18.4 Å². The van der Waals surface area contributed by atoms with E-state index in [1.54, 1.807) is 4.72 Å². The van der Waals surface area contributed by atoms with Gasteiger partial charge in [-0.2, -0.15) is 13.2 Å². The summed E-state index contributed by atoms with van der Waals surface area (Å²) in [7, 11) is -4.00. The fourth-order valence-corrected chi connectivity index (χ4v) is 2.06. The number of nitrogens with two attached hydrogens (primary N) is 1. The molecule has 3 N–H and O–H groups in total. The number of hydrogen-bond acceptors (Lipinski definition) is 7. The number of pyridine rings is 1. The van der Waals surface area contributed by atoms with Gasteiger partial charge in [-0.15, -0.1) is 0 Å². The van der Waals surface area contributed by atoms with E-state index < -0.39 is 43.5 Å². The summed E-state index contributed by atoms with van der Waals surface area (Å²) < 4.78 is 62.2. The van der Waals surface area contributed by atoms with Gasteiger partial charge in [0.25, 0.3) is 6.20 Å². The van der Waals surface area contributed by atoms with Crippen LogP contribution in [0, 0.1) is 10.1 Å². The van der Waals surface area contributed by atoms with Gasteiger partial charge in [-0.25, -0.2) is 24.3 Å². The molecule has 0 aliphatic rings. The third-order valence-electron chi connectivity index (χ3n) is 2.13. The topological polar surface area (TPSA) is 131 Å². The molecule has 9 nitrogen and oxygen atoms in total. The lowest BCUT2D eigenvalue weighted by Gasteiger charge is -2.20. The average Bonchev–Trinajstić information content (AvgIpc) is 2.33. The molecule has 23 heavy (non-hydrogen) atoms. The van der Waals surface area contributed by atoms with Crippen LogP contribution in [0.2, 0.25) is 5.15 Å². The van der Waals surface area contributed by atoms with Crippen LogP contribution in [0.1, 0.15) is 5.56 Å². The molecule has 0 aliphatic heterocycles. The van der Waals surface area contributed by atoms with Gasteiger partial charge in [-0.3, -0.25) is 14.8 Å². The van der Waals surface area contributed by atoms with Gasteiger partial charge >= 0.3 is 6.18 Å². The summed E-state index contributed by atoms with van der Waals surface area (Å²) in [5.74, 6) is 3.93. The number of nitro groups is 1. The minimum absolute atomic E-state index is 0.150. The first-order chi connectivity index (χ1) is 10.3. The molecule has 0 aromatic carbocycles. The second-order valence-corrected chi connectivity index (χ2v) is 6.21. The Hall–Kier alpha value is -2.12. The van der Waals surface area contributed by atoms with Crippen LogP contribution in [-0.2, 0) is 16.2 Å². The summed E-state index contributed by atoms with van der Waals surface area (Å²) in [6.45, 7) is 0. The number of nitrogens with one attached hydrogen (secondary N) is 1. The zero-order chi connectivity index (χ0) is 18.0. The van der Waals surface area contributed by atoms with Crippen LogP contribution in [0.4, 0.5) is 19.0 Å². The highest BCUT2D eigenvalue weighted by Gasteiger charge is 2.32. The van der Waals surface area contributed by atoms with Crippen molar-refractivity contribution in [2.75, 3.05) is 11.3 Å². The molecule has 1 heterocycles. The molecule has 0 radical (unpaired) electrons. The largest absolute Gasteiger partial charge is 0.416 e. The highest BCUT2D eigenvalue weighted by atomic mass is 35.5. The monoisotopic (exact) mass is 375 g/mol. The smallest absolute Gasteiger partial charge is 0.263 e. The Balaban J connectivity index is 3.37. The van der Waals surface area contributed by atoms with Gasteiger partial charge in [0.2, 0.25) is 15.8 Å². The molecule has 1 aromatic rings. The number of anilines is 1. The Kier molecular flexibility index (Phi) is 5.39. The van der Waals surface area contributed by atoms with Crippen LogP contribution in [0.5, 0.6) is 0 Å². The van der Waals surface area contributed by atoms with Gasteiger partial charge < -0.3 is 0 Å². The fourth-order valence-electron chi connectivity index (χ4n) is 1.32. The van der Waals surface area contributed by atoms with Crippen LogP contribution in [0.15, 0.2) is 24.2 Å². The fraction of sp³-hybridized carbons (Fsp3) is 0.222. The van der Waals surface area contributed by atoms with E-state index in [1.165, 1.54) is 0 Å². The molecule has 1 aromatic heterocycles. The van der Waals surface area contributed by atoms with Gasteiger partial charge in [-0.05, 0) is 12.1 Å². The van der Waals surface area contributed by atoms with Crippen molar-refractivity contribution in [3.8, 4) is 0 Å².